The Morgan fingerprint density at radius 3 is 2.88 bits per heavy atom. The fourth-order valence-corrected chi connectivity index (χ4v) is 1.62. The molecule has 0 atom stereocenters. The second-order valence-electron chi connectivity index (χ2n) is 3.05. The van der Waals surface area contributed by atoms with E-state index < -0.39 is 0 Å². The number of nitrogens with zero attached hydrogens (tertiary/aromatic N) is 3. The van der Waals surface area contributed by atoms with Crippen molar-refractivity contribution in [3.8, 4) is 0 Å². The van der Waals surface area contributed by atoms with Gasteiger partial charge in [0.1, 0.15) is 5.82 Å². The molecule has 0 saturated heterocycles. The Bertz CT molecular complexity index is 481. The lowest BCUT2D eigenvalue weighted by Crippen LogP contribution is -2.03. The molecule has 2 rings (SSSR count). The lowest BCUT2D eigenvalue weighted by atomic mass is 10.3. The van der Waals surface area contributed by atoms with E-state index in [1.807, 2.05) is 12.1 Å². The van der Waals surface area contributed by atoms with Crippen LogP contribution in [0.4, 0.5) is 5.82 Å². The highest BCUT2D eigenvalue weighted by molar-refractivity contribution is 9.10. The van der Waals surface area contributed by atoms with E-state index in [2.05, 4.69) is 36.2 Å². The second kappa shape index (κ2) is 6.74. The molecule has 0 unspecified atom stereocenters. The number of aromatic nitrogens is 3. The third-order valence-corrected chi connectivity index (χ3v) is 2.66. The first-order valence-electron chi connectivity index (χ1n) is 4.56. The quantitative estimate of drug-likeness (QED) is 0.874. The SMILES string of the molecule is Cl.Clc1ncc(Br)c(NCc2cccnc2)n1. The van der Waals surface area contributed by atoms with Crippen molar-refractivity contribution in [2.45, 2.75) is 6.54 Å². The number of hydrogen-bond donors (Lipinski definition) is 1. The van der Waals surface area contributed by atoms with Gasteiger partial charge in [0.05, 0.1) is 4.47 Å². The Kier molecular flexibility index (Phi) is 5.61. The van der Waals surface area contributed by atoms with E-state index >= 15 is 0 Å². The van der Waals surface area contributed by atoms with Crippen molar-refractivity contribution in [1.82, 2.24) is 15.0 Å². The Labute approximate surface area is 118 Å². The minimum atomic E-state index is 0. The maximum atomic E-state index is 5.70. The summed E-state index contributed by atoms with van der Waals surface area (Å²) in [5, 5.41) is 3.37. The van der Waals surface area contributed by atoms with Crippen LogP contribution in [0, 0.1) is 0 Å². The first-order valence-corrected chi connectivity index (χ1v) is 5.73. The van der Waals surface area contributed by atoms with E-state index in [-0.39, 0.29) is 17.7 Å². The highest BCUT2D eigenvalue weighted by Crippen LogP contribution is 2.20. The molecule has 17 heavy (non-hydrogen) atoms. The van der Waals surface area contributed by atoms with Gasteiger partial charge in [0.2, 0.25) is 5.28 Å². The summed E-state index contributed by atoms with van der Waals surface area (Å²) in [7, 11) is 0. The number of pyridine rings is 1. The third kappa shape index (κ3) is 4.11. The Morgan fingerprint density at radius 1 is 1.35 bits per heavy atom. The van der Waals surface area contributed by atoms with Gasteiger partial charge in [-0.3, -0.25) is 4.98 Å². The maximum absolute atomic E-state index is 5.70. The molecule has 0 aromatic carbocycles. The van der Waals surface area contributed by atoms with Gasteiger partial charge in [-0.1, -0.05) is 6.07 Å². The average molecular weight is 336 g/mol. The van der Waals surface area contributed by atoms with Crippen LogP contribution in [0.25, 0.3) is 0 Å². The molecule has 0 amide bonds. The summed E-state index contributed by atoms with van der Waals surface area (Å²) < 4.78 is 0.779. The van der Waals surface area contributed by atoms with Crippen LogP contribution in [0.1, 0.15) is 5.56 Å². The highest BCUT2D eigenvalue weighted by Gasteiger charge is 2.03. The van der Waals surface area contributed by atoms with Crippen molar-refractivity contribution >= 4 is 45.8 Å². The van der Waals surface area contributed by atoms with Gasteiger partial charge in [0.25, 0.3) is 0 Å². The van der Waals surface area contributed by atoms with Gasteiger partial charge in [-0.15, -0.1) is 12.4 Å². The van der Waals surface area contributed by atoms with Crippen molar-refractivity contribution < 1.29 is 0 Å². The minimum Gasteiger partial charge on any atom is -0.365 e. The Balaban J connectivity index is 0.00000144. The molecule has 0 saturated carbocycles. The Morgan fingerprint density at radius 2 is 2.18 bits per heavy atom. The van der Waals surface area contributed by atoms with E-state index in [0.29, 0.717) is 12.4 Å². The van der Waals surface area contributed by atoms with Gasteiger partial charge in [0, 0.05) is 25.1 Å². The maximum Gasteiger partial charge on any atom is 0.224 e. The van der Waals surface area contributed by atoms with Crippen LogP contribution in [-0.2, 0) is 6.54 Å². The largest absolute Gasteiger partial charge is 0.365 e. The first kappa shape index (κ1) is 14.2. The second-order valence-corrected chi connectivity index (χ2v) is 4.24. The fraction of sp³-hybridized carbons (Fsp3) is 0.100. The van der Waals surface area contributed by atoms with Crippen LogP contribution in [0.15, 0.2) is 35.2 Å². The van der Waals surface area contributed by atoms with E-state index in [0.717, 1.165) is 10.0 Å². The van der Waals surface area contributed by atoms with Gasteiger partial charge in [0.15, 0.2) is 0 Å². The molecule has 0 aliphatic rings. The smallest absolute Gasteiger partial charge is 0.224 e. The first-order chi connectivity index (χ1) is 7.75. The minimum absolute atomic E-state index is 0. The van der Waals surface area contributed by atoms with Crippen LogP contribution >= 0.6 is 39.9 Å². The van der Waals surface area contributed by atoms with Gasteiger partial charge >= 0.3 is 0 Å². The molecule has 0 radical (unpaired) electrons. The monoisotopic (exact) mass is 334 g/mol. The molecule has 7 heteroatoms. The molecule has 0 fully saturated rings. The van der Waals surface area contributed by atoms with Crippen molar-refractivity contribution in [2.24, 2.45) is 0 Å². The van der Waals surface area contributed by atoms with E-state index in [9.17, 15) is 0 Å². The predicted octanol–water partition coefficient (Wildman–Crippen LogP) is 3.32. The van der Waals surface area contributed by atoms with Crippen LogP contribution in [0.5, 0.6) is 0 Å². The van der Waals surface area contributed by atoms with Crippen molar-refractivity contribution in [3.05, 3.63) is 46.0 Å². The highest BCUT2D eigenvalue weighted by atomic mass is 79.9. The standard InChI is InChI=1S/C10H8BrClN4.ClH/c11-8-6-15-10(12)16-9(8)14-5-7-2-1-3-13-4-7;/h1-4,6H,5H2,(H,14,15,16);1H. The van der Waals surface area contributed by atoms with Crippen LogP contribution in [-0.4, -0.2) is 15.0 Å². The lowest BCUT2D eigenvalue weighted by molar-refractivity contribution is 1.06. The van der Waals surface area contributed by atoms with Crippen molar-refractivity contribution in [1.29, 1.82) is 0 Å². The van der Waals surface area contributed by atoms with E-state index in [1.54, 1.807) is 18.6 Å². The van der Waals surface area contributed by atoms with E-state index in [1.165, 1.54) is 0 Å². The molecular weight excluding hydrogens is 327 g/mol. The molecule has 1 N–H and O–H groups in total. The molecule has 0 spiro atoms. The van der Waals surface area contributed by atoms with Crippen LogP contribution in [0.2, 0.25) is 5.28 Å². The summed E-state index contributed by atoms with van der Waals surface area (Å²) in [4.78, 5) is 11.9. The summed E-state index contributed by atoms with van der Waals surface area (Å²) >= 11 is 9.05. The summed E-state index contributed by atoms with van der Waals surface area (Å²) in [5.74, 6) is 0.670. The van der Waals surface area contributed by atoms with Gasteiger partial charge in [-0.2, -0.15) is 4.98 Å². The molecule has 0 aliphatic carbocycles. The number of rotatable bonds is 3. The molecule has 90 valence electrons. The molecule has 2 aromatic heterocycles. The van der Waals surface area contributed by atoms with Crippen molar-refractivity contribution in [3.63, 3.8) is 0 Å². The normalized spacial score (nSPS) is 9.53. The van der Waals surface area contributed by atoms with Crippen LogP contribution < -0.4 is 5.32 Å². The molecular formula is C10H9BrCl2N4. The topological polar surface area (TPSA) is 50.7 Å². The summed E-state index contributed by atoms with van der Waals surface area (Å²) in [5.41, 5.74) is 1.07. The summed E-state index contributed by atoms with van der Waals surface area (Å²) in [6.07, 6.45) is 5.14. The lowest BCUT2D eigenvalue weighted by Gasteiger charge is -2.06. The predicted molar refractivity (Wildman–Crippen MR) is 73.6 cm³/mol. The Hall–Kier alpha value is -0.910. The van der Waals surface area contributed by atoms with Gasteiger partial charge < -0.3 is 5.32 Å². The number of hydrogen-bond acceptors (Lipinski definition) is 4. The number of anilines is 1. The zero-order chi connectivity index (χ0) is 11.4. The zero-order valence-electron chi connectivity index (χ0n) is 8.60. The van der Waals surface area contributed by atoms with Gasteiger partial charge in [-0.25, -0.2) is 4.98 Å². The van der Waals surface area contributed by atoms with Crippen molar-refractivity contribution in [2.75, 3.05) is 5.32 Å². The number of nitrogens with one attached hydrogen (secondary N) is 1. The summed E-state index contributed by atoms with van der Waals surface area (Å²) in [6, 6.07) is 3.87. The average Bonchev–Trinajstić information content (AvgIpc) is 2.32. The van der Waals surface area contributed by atoms with E-state index in [4.69, 9.17) is 11.6 Å². The molecule has 0 bridgehead atoms. The third-order valence-electron chi connectivity index (χ3n) is 1.90. The molecule has 2 aromatic rings. The van der Waals surface area contributed by atoms with Gasteiger partial charge in [-0.05, 0) is 39.2 Å². The number of halogens is 3. The summed E-state index contributed by atoms with van der Waals surface area (Å²) in [6.45, 7) is 0.639. The molecule has 2 heterocycles. The van der Waals surface area contributed by atoms with Crippen LogP contribution in [0.3, 0.4) is 0 Å². The molecule has 4 nitrogen and oxygen atoms in total. The fourth-order valence-electron chi connectivity index (χ4n) is 1.16. The molecule has 0 aliphatic heterocycles. The zero-order valence-corrected chi connectivity index (χ0v) is 11.8.